The fourth-order valence-corrected chi connectivity index (χ4v) is 6.28. The minimum absolute atomic E-state index is 0.417. The Morgan fingerprint density at radius 3 is 1.42 bits per heavy atom. The molecule has 4 aromatic heterocycles. The van der Waals surface area contributed by atoms with E-state index in [4.69, 9.17) is 15.4 Å². The van der Waals surface area contributed by atoms with E-state index in [1.54, 1.807) is 0 Å². The maximum absolute atomic E-state index is 8.97. The average molecular weight is 621 g/mol. The first kappa shape index (κ1) is 28.9. The summed E-state index contributed by atoms with van der Waals surface area (Å²) in [6, 6.07) is 49.3. The van der Waals surface area contributed by atoms with Crippen molar-refractivity contribution in [3.8, 4) is 45.0 Å². The van der Waals surface area contributed by atoms with Gasteiger partial charge in [0.2, 0.25) is 0 Å². The summed E-state index contributed by atoms with van der Waals surface area (Å²) in [6.07, 6.45) is 5.99. The van der Waals surface area contributed by atoms with Crippen molar-refractivity contribution in [2.45, 2.75) is 0 Å². The minimum atomic E-state index is 0.417. The highest BCUT2D eigenvalue weighted by Crippen LogP contribution is 2.34. The Morgan fingerprint density at radius 1 is 0.521 bits per heavy atom. The number of nitrogens with zero attached hydrogens (tertiary/aromatic N) is 4. The van der Waals surface area contributed by atoms with Gasteiger partial charge in [-0.2, -0.15) is 0 Å². The molecule has 4 aromatic carbocycles. The molecule has 0 saturated heterocycles. The Balaban J connectivity index is 1.08. The lowest BCUT2D eigenvalue weighted by Crippen LogP contribution is -2.08. The van der Waals surface area contributed by atoms with Crippen molar-refractivity contribution in [1.82, 2.24) is 24.1 Å². The summed E-state index contributed by atoms with van der Waals surface area (Å²) in [4.78, 5) is 9.98. The number of nitrogens with one attached hydrogen (secondary N) is 2. The second-order valence-electron chi connectivity index (χ2n) is 11.6. The van der Waals surface area contributed by atoms with Crippen LogP contribution in [-0.2, 0) is 0 Å². The molecule has 0 spiro atoms. The summed E-state index contributed by atoms with van der Waals surface area (Å²) in [5.41, 5.74) is 13.1. The number of pyridine rings is 2. The lowest BCUT2D eigenvalue weighted by Gasteiger charge is -2.11. The van der Waals surface area contributed by atoms with Gasteiger partial charge in [0.1, 0.15) is 11.3 Å². The molecular formula is C42H32N6. The molecular weight excluding hydrogens is 589 g/mol. The molecule has 48 heavy (non-hydrogen) atoms. The summed E-state index contributed by atoms with van der Waals surface area (Å²) >= 11 is 0. The number of hydrogen-bond acceptors (Lipinski definition) is 4. The van der Waals surface area contributed by atoms with Crippen molar-refractivity contribution >= 4 is 22.7 Å². The SMILES string of the molecule is CN/C(=C\C(=N)c1ccc(-c2nc3ccccn3c2-c2ccccc2)cc1)c1ccc(-c2nc3ccccn3c2-c2ccccc2)cc1. The molecule has 8 aromatic rings. The van der Waals surface area contributed by atoms with Crippen molar-refractivity contribution in [1.29, 1.82) is 5.41 Å². The van der Waals surface area contributed by atoms with Gasteiger partial charge in [0, 0.05) is 47.4 Å². The van der Waals surface area contributed by atoms with Gasteiger partial charge >= 0.3 is 0 Å². The van der Waals surface area contributed by atoms with Gasteiger partial charge < -0.3 is 10.7 Å². The molecule has 0 fully saturated rings. The van der Waals surface area contributed by atoms with Crippen LogP contribution >= 0.6 is 0 Å². The van der Waals surface area contributed by atoms with Crippen LogP contribution < -0.4 is 5.32 Å². The zero-order chi connectivity index (χ0) is 32.5. The van der Waals surface area contributed by atoms with Crippen LogP contribution in [0.3, 0.4) is 0 Å². The third kappa shape index (κ3) is 5.25. The molecule has 0 atom stereocenters. The molecule has 0 unspecified atom stereocenters. The molecule has 0 aliphatic heterocycles. The largest absolute Gasteiger partial charge is 0.388 e. The van der Waals surface area contributed by atoms with Gasteiger partial charge in [0.05, 0.1) is 28.5 Å². The van der Waals surface area contributed by atoms with Crippen molar-refractivity contribution in [2.24, 2.45) is 0 Å². The van der Waals surface area contributed by atoms with Gasteiger partial charge in [-0.15, -0.1) is 0 Å². The van der Waals surface area contributed by atoms with Crippen molar-refractivity contribution in [3.63, 3.8) is 0 Å². The Bertz CT molecular complexity index is 2420. The second kappa shape index (κ2) is 12.3. The normalized spacial score (nSPS) is 11.6. The second-order valence-corrected chi connectivity index (χ2v) is 11.6. The van der Waals surface area contributed by atoms with Crippen LogP contribution in [0.4, 0.5) is 0 Å². The fraction of sp³-hybridized carbons (Fsp3) is 0.0238. The van der Waals surface area contributed by atoms with Crippen LogP contribution in [0, 0.1) is 5.41 Å². The van der Waals surface area contributed by atoms with Gasteiger partial charge in [-0.1, -0.05) is 121 Å². The topological polar surface area (TPSA) is 70.5 Å². The van der Waals surface area contributed by atoms with E-state index < -0.39 is 0 Å². The van der Waals surface area contributed by atoms with E-state index >= 15 is 0 Å². The zero-order valence-corrected chi connectivity index (χ0v) is 26.4. The van der Waals surface area contributed by atoms with Crippen LogP contribution in [0.1, 0.15) is 11.1 Å². The Morgan fingerprint density at radius 2 is 0.958 bits per heavy atom. The van der Waals surface area contributed by atoms with Crippen LogP contribution in [-0.4, -0.2) is 31.5 Å². The predicted molar refractivity (Wildman–Crippen MR) is 196 cm³/mol. The first-order chi connectivity index (χ1) is 23.7. The Labute approximate surface area is 278 Å². The minimum Gasteiger partial charge on any atom is -0.388 e. The molecule has 6 nitrogen and oxygen atoms in total. The van der Waals surface area contributed by atoms with Crippen molar-refractivity contribution in [3.05, 3.63) is 175 Å². The van der Waals surface area contributed by atoms with E-state index in [1.165, 1.54) is 0 Å². The molecule has 4 heterocycles. The number of rotatable bonds is 8. The molecule has 6 heteroatoms. The smallest absolute Gasteiger partial charge is 0.137 e. The first-order valence-electron chi connectivity index (χ1n) is 15.9. The maximum atomic E-state index is 8.97. The lowest BCUT2D eigenvalue weighted by atomic mass is 10.00. The third-order valence-corrected chi connectivity index (χ3v) is 8.65. The lowest BCUT2D eigenvalue weighted by molar-refractivity contribution is 1.13. The van der Waals surface area contributed by atoms with Gasteiger partial charge in [-0.25, -0.2) is 9.97 Å². The van der Waals surface area contributed by atoms with Crippen LogP contribution in [0.5, 0.6) is 0 Å². The monoisotopic (exact) mass is 620 g/mol. The quantitative estimate of drug-likeness (QED) is 0.166. The molecule has 8 rings (SSSR count). The molecule has 0 aliphatic rings. The first-order valence-corrected chi connectivity index (χ1v) is 15.9. The number of imidazole rings is 2. The molecule has 230 valence electrons. The van der Waals surface area contributed by atoms with E-state index in [9.17, 15) is 0 Å². The number of benzene rings is 4. The summed E-state index contributed by atoms with van der Waals surface area (Å²) < 4.78 is 4.27. The fourth-order valence-electron chi connectivity index (χ4n) is 6.28. The standard InChI is InChI=1S/C42H32N6/c1-44-36(30-20-24-32(25-21-30)40-42(34-14-6-3-7-15-34)48-27-11-9-17-38(48)46-40)28-35(43)29-18-22-31(23-19-29)39-41(33-12-4-2-5-13-33)47-26-10-8-16-37(47)45-39/h2-28,43-44H,1H3/b36-28-,43-35?. The zero-order valence-electron chi connectivity index (χ0n) is 26.4. The number of hydrogen-bond donors (Lipinski definition) is 2. The highest BCUT2D eigenvalue weighted by Gasteiger charge is 2.17. The average Bonchev–Trinajstić information content (AvgIpc) is 3.74. The van der Waals surface area contributed by atoms with Crippen LogP contribution in [0.15, 0.2) is 164 Å². The highest BCUT2D eigenvalue weighted by atomic mass is 15.0. The molecule has 0 saturated carbocycles. The van der Waals surface area contributed by atoms with E-state index in [2.05, 4.69) is 99.3 Å². The summed E-state index contributed by atoms with van der Waals surface area (Å²) in [6.45, 7) is 0. The molecule has 0 amide bonds. The predicted octanol–water partition coefficient (Wildman–Crippen LogP) is 9.28. The Kier molecular flexibility index (Phi) is 7.43. The third-order valence-electron chi connectivity index (χ3n) is 8.65. The molecule has 2 N–H and O–H groups in total. The number of allylic oxidation sites excluding steroid dienone is 1. The van der Waals surface area contributed by atoms with Gasteiger partial charge in [-0.05, 0) is 41.5 Å². The van der Waals surface area contributed by atoms with Gasteiger partial charge in [-0.3, -0.25) is 8.80 Å². The Hall–Kier alpha value is -6.53. The van der Waals surface area contributed by atoms with E-state index in [-0.39, 0.29) is 0 Å². The van der Waals surface area contributed by atoms with E-state index in [1.807, 2.05) is 85.9 Å². The van der Waals surface area contributed by atoms with Crippen LogP contribution in [0.2, 0.25) is 0 Å². The van der Waals surface area contributed by atoms with Crippen molar-refractivity contribution < 1.29 is 0 Å². The van der Waals surface area contributed by atoms with Gasteiger partial charge in [0.25, 0.3) is 0 Å². The van der Waals surface area contributed by atoms with Crippen LogP contribution in [0.25, 0.3) is 62.0 Å². The number of aromatic nitrogens is 4. The summed E-state index contributed by atoms with van der Waals surface area (Å²) in [7, 11) is 1.89. The highest BCUT2D eigenvalue weighted by molar-refractivity contribution is 6.10. The molecule has 0 radical (unpaired) electrons. The molecule has 0 aliphatic carbocycles. The van der Waals surface area contributed by atoms with Crippen molar-refractivity contribution in [2.75, 3.05) is 7.05 Å². The van der Waals surface area contributed by atoms with E-state index in [0.29, 0.717) is 5.71 Å². The number of fused-ring (bicyclic) bond motifs is 2. The van der Waals surface area contributed by atoms with E-state index in [0.717, 1.165) is 73.1 Å². The summed E-state index contributed by atoms with van der Waals surface area (Å²) in [5.74, 6) is 0. The summed E-state index contributed by atoms with van der Waals surface area (Å²) in [5, 5.41) is 12.3. The maximum Gasteiger partial charge on any atom is 0.137 e. The molecule has 0 bridgehead atoms. The van der Waals surface area contributed by atoms with Gasteiger partial charge in [0.15, 0.2) is 0 Å².